The van der Waals surface area contributed by atoms with Crippen molar-refractivity contribution >= 4 is 5.97 Å². The zero-order valence-electron chi connectivity index (χ0n) is 14.8. The van der Waals surface area contributed by atoms with Crippen LogP contribution >= 0.6 is 0 Å². The zero-order chi connectivity index (χ0) is 17.4. The molecule has 1 aromatic rings. The van der Waals surface area contributed by atoms with Crippen molar-refractivity contribution in [2.75, 3.05) is 13.2 Å². The summed E-state index contributed by atoms with van der Waals surface area (Å²) in [5, 5.41) is 0. The van der Waals surface area contributed by atoms with Gasteiger partial charge in [0.05, 0.1) is 25.4 Å². The fraction of sp³-hybridized carbons (Fsp3) is 0.632. The number of hydrogen-bond acceptors (Lipinski definition) is 5. The van der Waals surface area contributed by atoms with Crippen molar-refractivity contribution in [2.24, 2.45) is 0 Å². The molecule has 1 fully saturated rings. The molecule has 0 radical (unpaired) electrons. The number of benzene rings is 1. The Morgan fingerprint density at radius 3 is 2.38 bits per heavy atom. The number of esters is 1. The Balaban J connectivity index is 1.71. The van der Waals surface area contributed by atoms with Gasteiger partial charge in [0, 0.05) is 26.4 Å². The van der Waals surface area contributed by atoms with E-state index in [2.05, 4.69) is 12.1 Å². The van der Waals surface area contributed by atoms with E-state index in [0.29, 0.717) is 26.2 Å². The van der Waals surface area contributed by atoms with Crippen LogP contribution in [-0.2, 0) is 30.3 Å². The van der Waals surface area contributed by atoms with Crippen LogP contribution in [0.4, 0.5) is 0 Å². The van der Waals surface area contributed by atoms with E-state index >= 15 is 0 Å². The van der Waals surface area contributed by atoms with E-state index in [1.54, 1.807) is 0 Å². The molecule has 2 atom stereocenters. The summed E-state index contributed by atoms with van der Waals surface area (Å²) in [7, 11) is 0. The summed E-state index contributed by atoms with van der Waals surface area (Å²) in [6, 6.07) is 10.1. The van der Waals surface area contributed by atoms with Gasteiger partial charge in [-0.1, -0.05) is 30.3 Å². The van der Waals surface area contributed by atoms with Gasteiger partial charge in [-0.2, -0.15) is 0 Å². The Hall–Kier alpha value is -1.43. The molecule has 1 saturated heterocycles. The molecule has 0 N–H and O–H groups in total. The summed E-state index contributed by atoms with van der Waals surface area (Å²) in [6.07, 6.45) is 2.43. The number of hydrogen-bond donors (Lipinski definition) is 0. The van der Waals surface area contributed by atoms with Gasteiger partial charge in [0.2, 0.25) is 0 Å². The van der Waals surface area contributed by atoms with Gasteiger partial charge in [-0.15, -0.1) is 0 Å². The Morgan fingerprint density at radius 2 is 1.75 bits per heavy atom. The summed E-state index contributed by atoms with van der Waals surface area (Å²) < 4.78 is 22.6. The van der Waals surface area contributed by atoms with Gasteiger partial charge in [-0.05, 0) is 25.8 Å². The van der Waals surface area contributed by atoms with Gasteiger partial charge in [0.1, 0.15) is 0 Å². The first kappa shape index (κ1) is 18.9. The van der Waals surface area contributed by atoms with Crippen molar-refractivity contribution in [3.63, 3.8) is 0 Å². The van der Waals surface area contributed by atoms with Crippen molar-refractivity contribution in [1.29, 1.82) is 0 Å². The number of ether oxygens (including phenoxy) is 4. The topological polar surface area (TPSA) is 54.0 Å². The highest BCUT2D eigenvalue weighted by atomic mass is 16.7. The molecule has 0 bridgehead atoms. The van der Waals surface area contributed by atoms with E-state index < -0.39 is 5.79 Å². The molecule has 1 heterocycles. The average molecular weight is 336 g/mol. The number of carbonyl (C=O) groups is 1. The summed E-state index contributed by atoms with van der Waals surface area (Å²) in [4.78, 5) is 10.9. The third-order valence-electron chi connectivity index (χ3n) is 3.87. The number of carbonyl (C=O) groups excluding carboxylic acids is 1. The molecule has 1 aromatic carbocycles. The van der Waals surface area contributed by atoms with E-state index in [1.807, 2.05) is 32.0 Å². The lowest BCUT2D eigenvalue weighted by Crippen LogP contribution is -2.45. The third kappa shape index (κ3) is 6.99. The van der Waals surface area contributed by atoms with Gasteiger partial charge in [0.25, 0.3) is 0 Å². The van der Waals surface area contributed by atoms with Crippen molar-refractivity contribution in [2.45, 2.75) is 64.6 Å². The Bertz CT molecular complexity index is 500. The molecule has 0 unspecified atom stereocenters. The van der Waals surface area contributed by atoms with Gasteiger partial charge in [0.15, 0.2) is 5.79 Å². The van der Waals surface area contributed by atoms with Gasteiger partial charge < -0.3 is 18.9 Å². The molecule has 2 rings (SSSR count). The SMILES string of the molecule is CC(=O)OCC[C@@H]1C[C@@H](CCOCc2ccccc2)OC(C)(C)O1. The van der Waals surface area contributed by atoms with Crippen molar-refractivity contribution < 1.29 is 23.7 Å². The minimum absolute atomic E-state index is 0.0345. The molecule has 24 heavy (non-hydrogen) atoms. The first-order valence-corrected chi connectivity index (χ1v) is 8.55. The lowest BCUT2D eigenvalue weighted by Gasteiger charge is -2.41. The van der Waals surface area contributed by atoms with Crippen LogP contribution in [0.25, 0.3) is 0 Å². The second-order valence-corrected chi connectivity index (χ2v) is 6.57. The maximum atomic E-state index is 10.9. The van der Waals surface area contributed by atoms with Crippen LogP contribution < -0.4 is 0 Å². The summed E-state index contributed by atoms with van der Waals surface area (Å²) >= 11 is 0. The normalized spacial score (nSPS) is 23.0. The highest BCUT2D eigenvalue weighted by Crippen LogP contribution is 2.29. The average Bonchev–Trinajstić information content (AvgIpc) is 2.51. The predicted octanol–water partition coefficient (Wildman–Crippen LogP) is 3.46. The van der Waals surface area contributed by atoms with Gasteiger partial charge in [-0.3, -0.25) is 4.79 Å². The fourth-order valence-corrected chi connectivity index (χ4v) is 2.89. The van der Waals surface area contributed by atoms with E-state index in [0.717, 1.165) is 12.8 Å². The first-order chi connectivity index (χ1) is 11.4. The first-order valence-electron chi connectivity index (χ1n) is 8.55. The minimum Gasteiger partial charge on any atom is -0.466 e. The Labute approximate surface area is 144 Å². The molecule has 0 spiro atoms. The lowest BCUT2D eigenvalue weighted by molar-refractivity contribution is -0.302. The largest absolute Gasteiger partial charge is 0.466 e. The smallest absolute Gasteiger partial charge is 0.302 e. The Kier molecular flexibility index (Phi) is 7.21. The predicted molar refractivity (Wildman–Crippen MR) is 90.4 cm³/mol. The summed E-state index contributed by atoms with van der Waals surface area (Å²) in [6.45, 7) is 6.90. The van der Waals surface area contributed by atoms with Crippen LogP contribution in [-0.4, -0.2) is 37.2 Å². The quantitative estimate of drug-likeness (QED) is 0.537. The van der Waals surface area contributed by atoms with Crippen LogP contribution in [0.1, 0.15) is 45.6 Å². The van der Waals surface area contributed by atoms with Gasteiger partial charge >= 0.3 is 5.97 Å². The minimum atomic E-state index is -0.622. The monoisotopic (exact) mass is 336 g/mol. The lowest BCUT2D eigenvalue weighted by atomic mass is 10.0. The van der Waals surface area contributed by atoms with E-state index in [4.69, 9.17) is 18.9 Å². The molecular formula is C19H28O5. The molecular weight excluding hydrogens is 308 g/mol. The molecule has 1 aliphatic heterocycles. The maximum absolute atomic E-state index is 10.9. The summed E-state index contributed by atoms with van der Waals surface area (Å²) in [5.41, 5.74) is 1.17. The second kappa shape index (κ2) is 9.16. The van der Waals surface area contributed by atoms with Gasteiger partial charge in [-0.25, -0.2) is 0 Å². The Morgan fingerprint density at radius 1 is 1.12 bits per heavy atom. The molecule has 0 aromatic heterocycles. The standard InChI is InChI=1S/C19H28O5/c1-15(20)22-12-10-18-13-17(23-19(2,3)24-18)9-11-21-14-16-7-5-4-6-8-16/h4-8,17-18H,9-14H2,1-3H3/t17-,18-/m1/s1. The van der Waals surface area contributed by atoms with Crippen LogP contribution in [0.5, 0.6) is 0 Å². The number of rotatable bonds is 8. The van der Waals surface area contributed by atoms with Crippen molar-refractivity contribution in [1.82, 2.24) is 0 Å². The molecule has 1 aliphatic rings. The second-order valence-electron chi connectivity index (χ2n) is 6.57. The van der Waals surface area contributed by atoms with Crippen molar-refractivity contribution in [3.05, 3.63) is 35.9 Å². The van der Waals surface area contributed by atoms with E-state index in [1.165, 1.54) is 12.5 Å². The third-order valence-corrected chi connectivity index (χ3v) is 3.87. The molecule has 5 heteroatoms. The molecule has 134 valence electrons. The molecule has 0 saturated carbocycles. The van der Waals surface area contributed by atoms with E-state index in [-0.39, 0.29) is 18.2 Å². The molecule has 0 amide bonds. The molecule has 0 aliphatic carbocycles. The van der Waals surface area contributed by atoms with Crippen LogP contribution in [0.15, 0.2) is 30.3 Å². The fourth-order valence-electron chi connectivity index (χ4n) is 2.89. The highest BCUT2D eigenvalue weighted by molar-refractivity contribution is 5.65. The highest BCUT2D eigenvalue weighted by Gasteiger charge is 2.35. The van der Waals surface area contributed by atoms with E-state index in [9.17, 15) is 4.79 Å². The van der Waals surface area contributed by atoms with Crippen LogP contribution in [0.3, 0.4) is 0 Å². The van der Waals surface area contributed by atoms with Crippen LogP contribution in [0.2, 0.25) is 0 Å². The molecule has 5 nitrogen and oxygen atoms in total. The maximum Gasteiger partial charge on any atom is 0.302 e. The van der Waals surface area contributed by atoms with Crippen LogP contribution in [0, 0.1) is 0 Å². The summed E-state index contributed by atoms with van der Waals surface area (Å²) in [5.74, 6) is -0.879. The zero-order valence-corrected chi connectivity index (χ0v) is 14.8. The van der Waals surface area contributed by atoms with Crippen molar-refractivity contribution in [3.8, 4) is 0 Å².